The smallest absolute Gasteiger partial charge is 0.309 e. The molecule has 0 heterocycles. The molecule has 1 saturated carbocycles. The van der Waals surface area contributed by atoms with Gasteiger partial charge in [0.1, 0.15) is 6.10 Å². The second-order valence-corrected chi connectivity index (χ2v) is 5.44. The maximum absolute atomic E-state index is 12.1. The first kappa shape index (κ1) is 14.1. The van der Waals surface area contributed by atoms with Gasteiger partial charge in [0.05, 0.1) is 5.92 Å². The Kier molecular flexibility index (Phi) is 4.97. The lowest BCUT2D eigenvalue weighted by molar-refractivity contribution is -0.155. The van der Waals surface area contributed by atoms with E-state index in [4.69, 9.17) is 10.5 Å². The Balaban J connectivity index is 1.84. The fourth-order valence-corrected chi connectivity index (χ4v) is 2.70. The van der Waals surface area contributed by atoms with Crippen molar-refractivity contribution in [1.82, 2.24) is 0 Å². The largest absolute Gasteiger partial charge is 0.458 e. The average molecular weight is 261 g/mol. The third kappa shape index (κ3) is 3.80. The zero-order valence-electron chi connectivity index (χ0n) is 11.5. The van der Waals surface area contributed by atoms with Gasteiger partial charge in [0.25, 0.3) is 0 Å². The molecule has 1 aromatic rings. The minimum absolute atomic E-state index is 0.0492. The maximum Gasteiger partial charge on any atom is 0.309 e. The summed E-state index contributed by atoms with van der Waals surface area (Å²) in [4.78, 5) is 12.1. The van der Waals surface area contributed by atoms with Crippen LogP contribution in [-0.4, -0.2) is 12.5 Å². The summed E-state index contributed by atoms with van der Waals surface area (Å²) in [5, 5.41) is 0. The van der Waals surface area contributed by atoms with Crippen LogP contribution in [0.3, 0.4) is 0 Å². The van der Waals surface area contributed by atoms with Gasteiger partial charge in [0, 0.05) is 0 Å². The average Bonchev–Trinajstić information content (AvgIpc) is 2.48. The molecule has 0 radical (unpaired) electrons. The molecule has 1 aliphatic carbocycles. The lowest BCUT2D eigenvalue weighted by atomic mass is 9.82. The summed E-state index contributed by atoms with van der Waals surface area (Å²) >= 11 is 0. The highest BCUT2D eigenvalue weighted by Crippen LogP contribution is 2.30. The standard InChI is InChI=1S/C16H23NO2/c1-12(14-5-3-2-4-6-14)19-16(18)15-9-7-13(11-17)8-10-15/h2-6,12-13,15H,7-11,17H2,1H3. The predicted molar refractivity (Wildman–Crippen MR) is 75.5 cm³/mol. The summed E-state index contributed by atoms with van der Waals surface area (Å²) in [5.41, 5.74) is 6.71. The van der Waals surface area contributed by atoms with E-state index in [9.17, 15) is 4.79 Å². The molecule has 0 bridgehead atoms. The number of hydrogen-bond donors (Lipinski definition) is 1. The van der Waals surface area contributed by atoms with Crippen LogP contribution in [-0.2, 0) is 9.53 Å². The minimum atomic E-state index is -0.166. The van der Waals surface area contributed by atoms with Gasteiger partial charge in [-0.15, -0.1) is 0 Å². The van der Waals surface area contributed by atoms with E-state index in [2.05, 4.69) is 0 Å². The van der Waals surface area contributed by atoms with Crippen LogP contribution in [0.25, 0.3) is 0 Å². The molecule has 0 amide bonds. The van der Waals surface area contributed by atoms with E-state index in [1.165, 1.54) is 0 Å². The molecule has 1 fully saturated rings. The molecule has 0 spiro atoms. The van der Waals surface area contributed by atoms with E-state index < -0.39 is 0 Å². The van der Waals surface area contributed by atoms with Gasteiger partial charge in [0.15, 0.2) is 0 Å². The fourth-order valence-electron chi connectivity index (χ4n) is 2.70. The van der Waals surface area contributed by atoms with Crippen molar-refractivity contribution < 1.29 is 9.53 Å². The van der Waals surface area contributed by atoms with Gasteiger partial charge in [-0.1, -0.05) is 30.3 Å². The Morgan fingerprint density at radius 1 is 1.26 bits per heavy atom. The van der Waals surface area contributed by atoms with Gasteiger partial charge in [0.2, 0.25) is 0 Å². The van der Waals surface area contributed by atoms with E-state index in [1.54, 1.807) is 0 Å². The highest BCUT2D eigenvalue weighted by molar-refractivity contribution is 5.72. The van der Waals surface area contributed by atoms with E-state index >= 15 is 0 Å². The van der Waals surface area contributed by atoms with Gasteiger partial charge in [-0.3, -0.25) is 4.79 Å². The molecule has 2 rings (SSSR count). The third-order valence-electron chi connectivity index (χ3n) is 4.08. The molecular weight excluding hydrogens is 238 g/mol. The zero-order valence-corrected chi connectivity index (χ0v) is 11.5. The van der Waals surface area contributed by atoms with Crippen molar-refractivity contribution in [2.24, 2.45) is 17.6 Å². The third-order valence-corrected chi connectivity index (χ3v) is 4.08. The Labute approximate surface area is 115 Å². The quantitative estimate of drug-likeness (QED) is 0.847. The van der Waals surface area contributed by atoms with Gasteiger partial charge in [-0.2, -0.15) is 0 Å². The Morgan fingerprint density at radius 3 is 2.47 bits per heavy atom. The Morgan fingerprint density at radius 2 is 1.89 bits per heavy atom. The van der Waals surface area contributed by atoms with Crippen molar-refractivity contribution in [3.63, 3.8) is 0 Å². The van der Waals surface area contributed by atoms with Gasteiger partial charge >= 0.3 is 5.97 Å². The van der Waals surface area contributed by atoms with Gasteiger partial charge in [-0.05, 0) is 50.6 Å². The van der Waals surface area contributed by atoms with E-state index in [0.29, 0.717) is 5.92 Å². The molecular formula is C16H23NO2. The summed E-state index contributed by atoms with van der Waals surface area (Å²) in [7, 11) is 0. The lowest BCUT2D eigenvalue weighted by Gasteiger charge is -2.27. The number of esters is 1. The highest BCUT2D eigenvalue weighted by Gasteiger charge is 2.27. The summed E-state index contributed by atoms with van der Waals surface area (Å²) in [6.07, 6.45) is 3.78. The highest BCUT2D eigenvalue weighted by atomic mass is 16.5. The van der Waals surface area contributed by atoms with Crippen molar-refractivity contribution in [2.45, 2.75) is 38.7 Å². The topological polar surface area (TPSA) is 52.3 Å². The van der Waals surface area contributed by atoms with Crippen molar-refractivity contribution in [3.05, 3.63) is 35.9 Å². The molecule has 1 aliphatic rings. The summed E-state index contributed by atoms with van der Waals surface area (Å²) in [5.74, 6) is 0.608. The van der Waals surface area contributed by atoms with E-state index in [1.807, 2.05) is 37.3 Å². The maximum atomic E-state index is 12.1. The van der Waals surface area contributed by atoms with E-state index in [-0.39, 0.29) is 18.0 Å². The molecule has 104 valence electrons. The van der Waals surface area contributed by atoms with Crippen LogP contribution < -0.4 is 5.73 Å². The molecule has 1 aromatic carbocycles. The van der Waals surface area contributed by atoms with Crippen LogP contribution in [0.4, 0.5) is 0 Å². The SMILES string of the molecule is CC(OC(=O)C1CCC(CN)CC1)c1ccccc1. The van der Waals surface area contributed by atoms with Crippen molar-refractivity contribution in [3.8, 4) is 0 Å². The van der Waals surface area contributed by atoms with Crippen LogP contribution >= 0.6 is 0 Å². The van der Waals surface area contributed by atoms with Crippen LogP contribution in [0.2, 0.25) is 0 Å². The first-order chi connectivity index (χ1) is 9.20. The Bertz CT molecular complexity index is 396. The lowest BCUT2D eigenvalue weighted by Crippen LogP contribution is -2.27. The summed E-state index contributed by atoms with van der Waals surface area (Å²) in [6.45, 7) is 2.67. The molecule has 0 saturated heterocycles. The number of ether oxygens (including phenoxy) is 1. The minimum Gasteiger partial charge on any atom is -0.458 e. The van der Waals surface area contributed by atoms with Crippen LogP contribution in [0, 0.1) is 11.8 Å². The van der Waals surface area contributed by atoms with Gasteiger partial charge < -0.3 is 10.5 Å². The second-order valence-electron chi connectivity index (χ2n) is 5.44. The van der Waals surface area contributed by atoms with Gasteiger partial charge in [-0.25, -0.2) is 0 Å². The zero-order chi connectivity index (χ0) is 13.7. The molecule has 2 N–H and O–H groups in total. The van der Waals surface area contributed by atoms with Crippen LogP contribution in [0.1, 0.15) is 44.3 Å². The van der Waals surface area contributed by atoms with Crippen LogP contribution in [0.5, 0.6) is 0 Å². The molecule has 0 aliphatic heterocycles. The fraction of sp³-hybridized carbons (Fsp3) is 0.562. The molecule has 1 unspecified atom stereocenters. The van der Waals surface area contributed by atoms with Crippen molar-refractivity contribution in [1.29, 1.82) is 0 Å². The second kappa shape index (κ2) is 6.71. The summed E-state index contributed by atoms with van der Waals surface area (Å²) in [6, 6.07) is 9.87. The first-order valence-corrected chi connectivity index (χ1v) is 7.16. The number of carbonyl (C=O) groups is 1. The summed E-state index contributed by atoms with van der Waals surface area (Å²) < 4.78 is 5.57. The normalized spacial score (nSPS) is 24.7. The number of hydrogen-bond acceptors (Lipinski definition) is 3. The van der Waals surface area contributed by atoms with E-state index in [0.717, 1.165) is 37.8 Å². The molecule has 3 heteroatoms. The number of rotatable bonds is 4. The molecule has 19 heavy (non-hydrogen) atoms. The molecule has 1 atom stereocenters. The molecule has 3 nitrogen and oxygen atoms in total. The number of benzene rings is 1. The van der Waals surface area contributed by atoms with Crippen molar-refractivity contribution in [2.75, 3.05) is 6.54 Å². The number of nitrogens with two attached hydrogens (primary N) is 1. The van der Waals surface area contributed by atoms with Crippen LogP contribution in [0.15, 0.2) is 30.3 Å². The number of carbonyl (C=O) groups excluding carboxylic acids is 1. The Hall–Kier alpha value is -1.35. The first-order valence-electron chi connectivity index (χ1n) is 7.16. The predicted octanol–water partition coefficient (Wildman–Crippen LogP) is 3.06. The monoisotopic (exact) mass is 261 g/mol. The van der Waals surface area contributed by atoms with Crippen molar-refractivity contribution >= 4 is 5.97 Å². The molecule has 0 aromatic heterocycles.